The van der Waals surface area contributed by atoms with Gasteiger partial charge >= 0.3 is 5.97 Å². The van der Waals surface area contributed by atoms with E-state index in [2.05, 4.69) is 15.9 Å². The van der Waals surface area contributed by atoms with Crippen molar-refractivity contribution in [2.45, 2.75) is 0 Å². The molecule has 6 heteroatoms. The van der Waals surface area contributed by atoms with Crippen LogP contribution in [-0.2, 0) is 4.79 Å². The largest absolute Gasteiger partial charge is 0.480 e. The number of hydrogen-bond donors (Lipinski definition) is 0. The highest BCUT2D eigenvalue weighted by Crippen LogP contribution is 2.28. The highest BCUT2D eigenvalue weighted by Gasteiger charge is 2.10. The molecule has 0 radical (unpaired) electrons. The number of esters is 1. The molecule has 2 aromatic rings. The molecule has 0 aliphatic heterocycles. The van der Waals surface area contributed by atoms with Gasteiger partial charge in [0.1, 0.15) is 11.5 Å². The van der Waals surface area contributed by atoms with Crippen LogP contribution in [0.3, 0.4) is 0 Å². The summed E-state index contributed by atoms with van der Waals surface area (Å²) in [6.07, 6.45) is 0. The number of para-hydroxylation sites is 1. The number of benzene rings is 2. The molecule has 2 aromatic carbocycles. The van der Waals surface area contributed by atoms with Crippen molar-refractivity contribution in [2.24, 2.45) is 0 Å². The first-order valence-corrected chi connectivity index (χ1v) is 7.14. The number of carbonyl (C=O) groups excluding carboxylic acids is 1. The van der Waals surface area contributed by atoms with Crippen LogP contribution in [0.2, 0.25) is 10.0 Å². The van der Waals surface area contributed by atoms with Gasteiger partial charge in [-0.2, -0.15) is 0 Å². The minimum atomic E-state index is -0.534. The van der Waals surface area contributed by atoms with E-state index in [0.717, 1.165) is 0 Å². The van der Waals surface area contributed by atoms with Crippen molar-refractivity contribution < 1.29 is 14.3 Å². The van der Waals surface area contributed by atoms with E-state index in [4.69, 9.17) is 32.7 Å². The van der Waals surface area contributed by atoms with E-state index in [1.165, 1.54) is 0 Å². The van der Waals surface area contributed by atoms with Gasteiger partial charge in [0.25, 0.3) is 0 Å². The van der Waals surface area contributed by atoms with Crippen LogP contribution < -0.4 is 9.47 Å². The average molecular weight is 376 g/mol. The molecule has 0 bridgehead atoms. The Morgan fingerprint density at radius 1 is 1.10 bits per heavy atom. The van der Waals surface area contributed by atoms with Crippen molar-refractivity contribution in [2.75, 3.05) is 6.61 Å². The van der Waals surface area contributed by atoms with Crippen molar-refractivity contribution in [1.82, 2.24) is 0 Å². The monoisotopic (exact) mass is 374 g/mol. The molecule has 0 fully saturated rings. The van der Waals surface area contributed by atoms with Crippen molar-refractivity contribution >= 4 is 45.1 Å². The molecule has 0 spiro atoms. The third kappa shape index (κ3) is 4.13. The summed E-state index contributed by atoms with van der Waals surface area (Å²) in [6, 6.07) is 11.8. The highest BCUT2D eigenvalue weighted by atomic mass is 79.9. The molecule has 0 saturated heterocycles. The van der Waals surface area contributed by atoms with Gasteiger partial charge in [0, 0.05) is 5.02 Å². The normalized spacial score (nSPS) is 10.2. The predicted octanol–water partition coefficient (Wildman–Crippen LogP) is 4.74. The molecule has 0 saturated carbocycles. The molecule has 3 nitrogen and oxygen atoms in total. The second-order valence-corrected chi connectivity index (χ2v) is 5.47. The summed E-state index contributed by atoms with van der Waals surface area (Å²) in [5.74, 6) is 0.274. The lowest BCUT2D eigenvalue weighted by Crippen LogP contribution is -2.18. The lowest BCUT2D eigenvalue weighted by Gasteiger charge is -2.09. The molecule has 0 N–H and O–H groups in total. The average Bonchev–Trinajstić information content (AvgIpc) is 2.41. The van der Waals surface area contributed by atoms with E-state index in [1.807, 2.05) is 0 Å². The van der Waals surface area contributed by atoms with E-state index in [1.54, 1.807) is 42.5 Å². The smallest absolute Gasteiger partial charge is 0.349 e. The summed E-state index contributed by atoms with van der Waals surface area (Å²) in [6.45, 7) is -0.237. The van der Waals surface area contributed by atoms with Gasteiger partial charge < -0.3 is 9.47 Å². The van der Waals surface area contributed by atoms with Crippen LogP contribution in [0.1, 0.15) is 0 Å². The molecule has 0 heterocycles. The van der Waals surface area contributed by atoms with Gasteiger partial charge in [0.2, 0.25) is 0 Å². The fourth-order valence-electron chi connectivity index (χ4n) is 1.41. The summed E-state index contributed by atoms with van der Waals surface area (Å²) >= 11 is 15.0. The number of ether oxygens (including phenoxy) is 2. The molecule has 0 atom stereocenters. The second-order valence-electron chi connectivity index (χ2n) is 3.77. The van der Waals surface area contributed by atoms with Crippen molar-refractivity contribution in [3.05, 3.63) is 57.0 Å². The molecule has 0 aliphatic carbocycles. The van der Waals surface area contributed by atoms with Crippen molar-refractivity contribution in [1.29, 1.82) is 0 Å². The molecular formula is C14H9BrCl2O3. The molecule has 0 aliphatic rings. The highest BCUT2D eigenvalue weighted by molar-refractivity contribution is 9.10. The number of halogens is 3. The van der Waals surface area contributed by atoms with E-state index in [9.17, 15) is 4.79 Å². The van der Waals surface area contributed by atoms with Crippen LogP contribution in [-0.4, -0.2) is 12.6 Å². The maximum atomic E-state index is 11.7. The molecule has 0 aromatic heterocycles. The Morgan fingerprint density at radius 3 is 2.55 bits per heavy atom. The summed E-state index contributed by atoms with van der Waals surface area (Å²) in [4.78, 5) is 11.7. The minimum Gasteiger partial charge on any atom is -0.480 e. The van der Waals surface area contributed by atoms with Gasteiger partial charge in [-0.3, -0.25) is 0 Å². The SMILES string of the molecule is O=C(COc1ccccc1Cl)Oc1ccc(Cl)cc1Br. The summed E-state index contributed by atoms with van der Waals surface area (Å²) in [5, 5.41) is 0.983. The van der Waals surface area contributed by atoms with Crippen LogP contribution in [0.4, 0.5) is 0 Å². The Kier molecular flexibility index (Phi) is 5.29. The number of hydrogen-bond acceptors (Lipinski definition) is 3. The zero-order valence-corrected chi connectivity index (χ0v) is 13.2. The number of carbonyl (C=O) groups is 1. The number of rotatable bonds is 4. The van der Waals surface area contributed by atoms with Crippen molar-refractivity contribution in [3.63, 3.8) is 0 Å². The molecule has 0 amide bonds. The minimum absolute atomic E-state index is 0.237. The fourth-order valence-corrected chi connectivity index (χ4v) is 2.36. The maximum absolute atomic E-state index is 11.7. The van der Waals surface area contributed by atoms with Gasteiger partial charge in [-0.15, -0.1) is 0 Å². The lowest BCUT2D eigenvalue weighted by atomic mass is 10.3. The van der Waals surface area contributed by atoms with E-state index < -0.39 is 5.97 Å². The zero-order valence-electron chi connectivity index (χ0n) is 10.1. The maximum Gasteiger partial charge on any atom is 0.349 e. The quantitative estimate of drug-likeness (QED) is 0.571. The Balaban J connectivity index is 1.94. The molecule has 104 valence electrons. The van der Waals surface area contributed by atoms with Crippen LogP contribution in [0.25, 0.3) is 0 Å². The topological polar surface area (TPSA) is 35.5 Å². The van der Waals surface area contributed by atoms with Gasteiger partial charge in [-0.1, -0.05) is 35.3 Å². The first-order valence-electron chi connectivity index (χ1n) is 5.59. The Hall–Kier alpha value is -1.23. The summed E-state index contributed by atoms with van der Waals surface area (Å²) in [7, 11) is 0. The lowest BCUT2D eigenvalue weighted by molar-refractivity contribution is -0.136. The van der Waals surface area contributed by atoms with Crippen LogP contribution in [0.15, 0.2) is 46.9 Å². The molecular weight excluding hydrogens is 367 g/mol. The molecule has 20 heavy (non-hydrogen) atoms. The third-order valence-corrected chi connectivity index (χ3v) is 3.47. The van der Waals surface area contributed by atoms with E-state index in [0.29, 0.717) is 26.0 Å². The Bertz CT molecular complexity index is 632. The van der Waals surface area contributed by atoms with Crippen LogP contribution in [0, 0.1) is 0 Å². The first kappa shape index (κ1) is 15.2. The van der Waals surface area contributed by atoms with Crippen LogP contribution >= 0.6 is 39.1 Å². The third-order valence-electron chi connectivity index (χ3n) is 2.30. The van der Waals surface area contributed by atoms with Crippen molar-refractivity contribution in [3.8, 4) is 11.5 Å². The fraction of sp³-hybridized carbons (Fsp3) is 0.0714. The Labute approximate surface area is 134 Å². The zero-order chi connectivity index (χ0) is 14.5. The van der Waals surface area contributed by atoms with Crippen LogP contribution in [0.5, 0.6) is 11.5 Å². The second kappa shape index (κ2) is 6.97. The van der Waals surface area contributed by atoms with Gasteiger partial charge in [-0.25, -0.2) is 4.79 Å². The standard InChI is InChI=1S/C14H9BrCl2O3/c15-10-7-9(16)5-6-12(10)20-14(18)8-19-13-4-2-1-3-11(13)17/h1-7H,8H2. The molecule has 0 unspecified atom stereocenters. The van der Waals surface area contributed by atoms with E-state index in [-0.39, 0.29) is 6.61 Å². The predicted molar refractivity (Wildman–Crippen MR) is 81.7 cm³/mol. The molecule has 2 rings (SSSR count). The summed E-state index contributed by atoms with van der Waals surface area (Å²) < 4.78 is 11.0. The summed E-state index contributed by atoms with van der Waals surface area (Å²) in [5.41, 5.74) is 0. The van der Waals surface area contributed by atoms with Gasteiger partial charge in [0.15, 0.2) is 6.61 Å². The van der Waals surface area contributed by atoms with Gasteiger partial charge in [-0.05, 0) is 46.3 Å². The van der Waals surface area contributed by atoms with Gasteiger partial charge in [0.05, 0.1) is 9.50 Å². The first-order chi connectivity index (χ1) is 9.56. The van der Waals surface area contributed by atoms with E-state index >= 15 is 0 Å². The Morgan fingerprint density at radius 2 is 1.85 bits per heavy atom.